The molecule has 0 bridgehead atoms. The average molecular weight is 209 g/mol. The molecule has 0 aliphatic rings. The predicted octanol–water partition coefficient (Wildman–Crippen LogP) is 1.53. The number of carboxylic acids is 1. The normalized spacial score (nSPS) is 12.1. The first kappa shape index (κ1) is 11.4. The highest BCUT2D eigenvalue weighted by Crippen LogP contribution is 2.09. The Kier molecular flexibility index (Phi) is 4.53. The van der Waals surface area contributed by atoms with Gasteiger partial charge in [0.15, 0.2) is 0 Å². The van der Waals surface area contributed by atoms with Gasteiger partial charge >= 0.3 is 5.97 Å². The monoisotopic (exact) mass is 209 g/mol. The molecule has 1 aromatic rings. The number of hydrogen-bond acceptors (Lipinski definition) is 4. The summed E-state index contributed by atoms with van der Waals surface area (Å²) in [5, 5.41) is 11.8. The van der Waals surface area contributed by atoms with Crippen LogP contribution in [0.5, 0.6) is 0 Å². The summed E-state index contributed by atoms with van der Waals surface area (Å²) in [6.07, 6.45) is 6.59. The molecule has 0 spiro atoms. The van der Waals surface area contributed by atoms with E-state index in [0.717, 1.165) is 12.8 Å². The lowest BCUT2D eigenvalue weighted by molar-refractivity contribution is -0.137. The minimum Gasteiger partial charge on any atom is -0.481 e. The van der Waals surface area contributed by atoms with Gasteiger partial charge in [-0.3, -0.25) is 9.78 Å². The maximum atomic E-state index is 10.6. The van der Waals surface area contributed by atoms with Crippen molar-refractivity contribution in [3.8, 4) is 0 Å². The second-order valence-electron chi connectivity index (χ2n) is 3.32. The topological polar surface area (TPSA) is 75.1 Å². The van der Waals surface area contributed by atoms with E-state index in [1.807, 2.05) is 6.92 Å². The SMILES string of the molecule is CCCC(CC(=O)O)Nc1cnccn1. The molecule has 1 aromatic heterocycles. The van der Waals surface area contributed by atoms with Crippen molar-refractivity contribution in [3.63, 3.8) is 0 Å². The summed E-state index contributed by atoms with van der Waals surface area (Å²) in [5.74, 6) is -0.179. The van der Waals surface area contributed by atoms with Gasteiger partial charge in [0.05, 0.1) is 12.6 Å². The van der Waals surface area contributed by atoms with Crippen LogP contribution in [0, 0.1) is 0 Å². The lowest BCUT2D eigenvalue weighted by Gasteiger charge is -2.15. The number of anilines is 1. The average Bonchev–Trinajstić information content (AvgIpc) is 2.18. The van der Waals surface area contributed by atoms with Crippen LogP contribution in [0.2, 0.25) is 0 Å². The maximum Gasteiger partial charge on any atom is 0.305 e. The van der Waals surface area contributed by atoms with Crippen molar-refractivity contribution in [2.24, 2.45) is 0 Å². The Morgan fingerprint density at radius 2 is 2.40 bits per heavy atom. The van der Waals surface area contributed by atoms with E-state index in [1.165, 1.54) is 0 Å². The van der Waals surface area contributed by atoms with Gasteiger partial charge in [-0.2, -0.15) is 0 Å². The fourth-order valence-electron chi connectivity index (χ4n) is 1.37. The summed E-state index contributed by atoms with van der Waals surface area (Å²) < 4.78 is 0. The molecule has 0 aliphatic carbocycles. The first-order valence-electron chi connectivity index (χ1n) is 4.96. The molecular formula is C10H15N3O2. The molecule has 0 aliphatic heterocycles. The van der Waals surface area contributed by atoms with Gasteiger partial charge in [-0.25, -0.2) is 4.98 Å². The Labute approximate surface area is 88.6 Å². The van der Waals surface area contributed by atoms with Crippen molar-refractivity contribution in [2.45, 2.75) is 32.2 Å². The van der Waals surface area contributed by atoms with Crippen molar-refractivity contribution in [1.29, 1.82) is 0 Å². The second-order valence-corrected chi connectivity index (χ2v) is 3.32. The maximum absolute atomic E-state index is 10.6. The molecule has 0 aromatic carbocycles. The molecule has 0 radical (unpaired) electrons. The molecule has 0 fully saturated rings. The Bertz CT molecular complexity index is 303. The van der Waals surface area contributed by atoms with Crippen LogP contribution in [0.3, 0.4) is 0 Å². The lowest BCUT2D eigenvalue weighted by Crippen LogP contribution is -2.23. The van der Waals surface area contributed by atoms with Crippen molar-refractivity contribution in [2.75, 3.05) is 5.32 Å². The van der Waals surface area contributed by atoms with E-state index < -0.39 is 5.97 Å². The molecule has 1 heterocycles. The molecule has 1 atom stereocenters. The third kappa shape index (κ3) is 4.39. The van der Waals surface area contributed by atoms with Gasteiger partial charge < -0.3 is 10.4 Å². The zero-order valence-corrected chi connectivity index (χ0v) is 8.68. The Morgan fingerprint density at radius 3 is 2.93 bits per heavy atom. The van der Waals surface area contributed by atoms with Crippen molar-refractivity contribution >= 4 is 11.8 Å². The summed E-state index contributed by atoms with van der Waals surface area (Å²) in [4.78, 5) is 18.5. The fourth-order valence-corrected chi connectivity index (χ4v) is 1.37. The van der Waals surface area contributed by atoms with Gasteiger partial charge in [0.1, 0.15) is 5.82 Å². The summed E-state index contributed by atoms with van der Waals surface area (Å²) in [6, 6.07) is -0.0794. The number of rotatable bonds is 6. The first-order valence-corrected chi connectivity index (χ1v) is 4.96. The quantitative estimate of drug-likeness (QED) is 0.743. The van der Waals surface area contributed by atoms with E-state index >= 15 is 0 Å². The number of nitrogens with zero attached hydrogens (tertiary/aromatic N) is 2. The fraction of sp³-hybridized carbons (Fsp3) is 0.500. The third-order valence-electron chi connectivity index (χ3n) is 1.97. The van der Waals surface area contributed by atoms with Crippen LogP contribution in [0.15, 0.2) is 18.6 Å². The van der Waals surface area contributed by atoms with Crippen LogP contribution in [0.25, 0.3) is 0 Å². The molecule has 0 saturated heterocycles. The standard InChI is InChI=1S/C10H15N3O2/c1-2-3-8(6-10(14)15)13-9-7-11-4-5-12-9/h4-5,7-8H,2-3,6H2,1H3,(H,12,13)(H,14,15). The summed E-state index contributed by atoms with van der Waals surface area (Å²) in [6.45, 7) is 2.02. The molecule has 1 unspecified atom stereocenters. The zero-order chi connectivity index (χ0) is 11.1. The highest BCUT2D eigenvalue weighted by Gasteiger charge is 2.12. The predicted molar refractivity (Wildman–Crippen MR) is 56.6 cm³/mol. The van der Waals surface area contributed by atoms with Crippen molar-refractivity contribution in [1.82, 2.24) is 9.97 Å². The molecule has 2 N–H and O–H groups in total. The molecule has 5 nitrogen and oxygen atoms in total. The molecule has 1 rings (SSSR count). The van der Waals surface area contributed by atoms with E-state index in [4.69, 9.17) is 5.11 Å². The Morgan fingerprint density at radius 1 is 1.60 bits per heavy atom. The van der Waals surface area contributed by atoms with E-state index in [2.05, 4.69) is 15.3 Å². The van der Waals surface area contributed by atoms with Crippen LogP contribution in [0.4, 0.5) is 5.82 Å². The molecule has 0 amide bonds. The summed E-state index contributed by atoms with van der Waals surface area (Å²) in [5.41, 5.74) is 0. The number of carbonyl (C=O) groups is 1. The summed E-state index contributed by atoms with van der Waals surface area (Å²) >= 11 is 0. The zero-order valence-electron chi connectivity index (χ0n) is 8.68. The van der Waals surface area contributed by atoms with Crippen molar-refractivity contribution in [3.05, 3.63) is 18.6 Å². The van der Waals surface area contributed by atoms with Crippen LogP contribution in [-0.4, -0.2) is 27.1 Å². The Balaban J connectivity index is 2.54. The van der Waals surface area contributed by atoms with E-state index in [0.29, 0.717) is 5.82 Å². The number of carboxylic acid groups (broad SMARTS) is 1. The van der Waals surface area contributed by atoms with Crippen LogP contribution in [-0.2, 0) is 4.79 Å². The van der Waals surface area contributed by atoms with Crippen LogP contribution >= 0.6 is 0 Å². The minimum absolute atomic E-state index is 0.0794. The van der Waals surface area contributed by atoms with Gasteiger partial charge in [-0.05, 0) is 6.42 Å². The number of hydrogen-bond donors (Lipinski definition) is 2. The molecular weight excluding hydrogens is 194 g/mol. The second kappa shape index (κ2) is 5.95. The molecule has 0 saturated carbocycles. The minimum atomic E-state index is -0.801. The lowest BCUT2D eigenvalue weighted by atomic mass is 10.1. The molecule has 82 valence electrons. The van der Waals surface area contributed by atoms with Crippen LogP contribution in [0.1, 0.15) is 26.2 Å². The van der Waals surface area contributed by atoms with E-state index in [-0.39, 0.29) is 12.5 Å². The molecule has 5 heteroatoms. The highest BCUT2D eigenvalue weighted by atomic mass is 16.4. The first-order chi connectivity index (χ1) is 7.22. The summed E-state index contributed by atoms with van der Waals surface area (Å²) in [7, 11) is 0. The third-order valence-corrected chi connectivity index (χ3v) is 1.97. The smallest absolute Gasteiger partial charge is 0.305 e. The van der Waals surface area contributed by atoms with Gasteiger partial charge in [-0.15, -0.1) is 0 Å². The molecule has 15 heavy (non-hydrogen) atoms. The van der Waals surface area contributed by atoms with E-state index in [1.54, 1.807) is 18.6 Å². The van der Waals surface area contributed by atoms with Gasteiger partial charge in [0.25, 0.3) is 0 Å². The van der Waals surface area contributed by atoms with Gasteiger partial charge in [-0.1, -0.05) is 13.3 Å². The number of aromatic nitrogens is 2. The van der Waals surface area contributed by atoms with Gasteiger partial charge in [0.2, 0.25) is 0 Å². The number of nitrogens with one attached hydrogen (secondary N) is 1. The number of aliphatic carboxylic acids is 1. The van der Waals surface area contributed by atoms with E-state index in [9.17, 15) is 4.79 Å². The van der Waals surface area contributed by atoms with Crippen LogP contribution < -0.4 is 5.32 Å². The largest absolute Gasteiger partial charge is 0.481 e. The van der Waals surface area contributed by atoms with Crippen molar-refractivity contribution < 1.29 is 9.90 Å². The Hall–Kier alpha value is -1.65. The highest BCUT2D eigenvalue weighted by molar-refractivity contribution is 5.68. The van der Waals surface area contributed by atoms with Gasteiger partial charge in [0, 0.05) is 18.4 Å².